The van der Waals surface area contributed by atoms with Crippen molar-refractivity contribution in [2.24, 2.45) is 0 Å². The van der Waals surface area contributed by atoms with Crippen molar-refractivity contribution in [1.82, 2.24) is 9.62 Å². The molecule has 0 saturated carbocycles. The first-order valence-electron chi connectivity index (χ1n) is 6.76. The summed E-state index contributed by atoms with van der Waals surface area (Å²) in [5.41, 5.74) is 0.478. The minimum Gasteiger partial charge on any atom is -0.477 e. The van der Waals surface area contributed by atoms with Crippen LogP contribution in [0.2, 0.25) is 0 Å². The van der Waals surface area contributed by atoms with E-state index in [1.165, 1.54) is 0 Å². The van der Waals surface area contributed by atoms with Gasteiger partial charge in [0, 0.05) is 12.1 Å². The third-order valence-electron chi connectivity index (χ3n) is 3.91. The van der Waals surface area contributed by atoms with E-state index in [0.29, 0.717) is 11.6 Å². The molecule has 2 N–H and O–H groups in total. The summed E-state index contributed by atoms with van der Waals surface area (Å²) in [5.74, 6) is -1.20. The second kappa shape index (κ2) is 6.04. The van der Waals surface area contributed by atoms with Gasteiger partial charge in [-0.25, -0.2) is 17.9 Å². The predicted molar refractivity (Wildman–Crippen MR) is 81.5 cm³/mol. The Hall–Kier alpha value is -0.960. The quantitative estimate of drug-likeness (QED) is 0.873. The number of likely N-dealkylation sites (tertiary alicyclic amines) is 1. The molecule has 0 bridgehead atoms. The van der Waals surface area contributed by atoms with E-state index in [1.807, 2.05) is 7.05 Å². The van der Waals surface area contributed by atoms with Crippen LogP contribution in [0.5, 0.6) is 0 Å². The average Bonchev–Trinajstić information content (AvgIpc) is 2.76. The number of piperidine rings is 1. The second-order valence-electron chi connectivity index (χ2n) is 5.55. The molecule has 2 unspecified atom stereocenters. The number of carboxylic acids is 1. The largest absolute Gasteiger partial charge is 0.477 e. The van der Waals surface area contributed by atoms with E-state index in [9.17, 15) is 13.2 Å². The Kier molecular flexibility index (Phi) is 4.72. The van der Waals surface area contributed by atoms with Gasteiger partial charge in [-0.15, -0.1) is 11.3 Å². The topological polar surface area (TPSA) is 86.7 Å². The van der Waals surface area contributed by atoms with Crippen molar-refractivity contribution in [2.45, 2.75) is 43.7 Å². The third kappa shape index (κ3) is 3.45. The van der Waals surface area contributed by atoms with Crippen LogP contribution in [0.15, 0.2) is 10.3 Å². The smallest absolute Gasteiger partial charge is 0.347 e. The molecule has 21 heavy (non-hydrogen) atoms. The van der Waals surface area contributed by atoms with E-state index < -0.39 is 16.0 Å². The minimum absolute atomic E-state index is 0.0911. The summed E-state index contributed by atoms with van der Waals surface area (Å²) in [6.45, 7) is 4.50. The Balaban J connectivity index is 2.23. The highest BCUT2D eigenvalue weighted by atomic mass is 32.2. The summed E-state index contributed by atoms with van der Waals surface area (Å²) in [5, 5.41) is 10.7. The lowest BCUT2D eigenvalue weighted by atomic mass is 10.0. The molecule has 0 aliphatic carbocycles. The van der Waals surface area contributed by atoms with Crippen LogP contribution in [0.4, 0.5) is 0 Å². The maximum atomic E-state index is 12.5. The van der Waals surface area contributed by atoms with Crippen LogP contribution in [0, 0.1) is 6.92 Å². The van der Waals surface area contributed by atoms with Gasteiger partial charge in [0.1, 0.15) is 9.77 Å². The highest BCUT2D eigenvalue weighted by Gasteiger charge is 2.31. The van der Waals surface area contributed by atoms with Gasteiger partial charge in [0.25, 0.3) is 0 Å². The molecule has 1 aromatic heterocycles. The van der Waals surface area contributed by atoms with E-state index in [1.54, 1.807) is 12.3 Å². The molecule has 2 rings (SSSR count). The number of thiophene rings is 1. The number of aryl methyl sites for hydroxylation is 1. The van der Waals surface area contributed by atoms with Crippen molar-refractivity contribution < 1.29 is 18.3 Å². The van der Waals surface area contributed by atoms with Crippen molar-refractivity contribution in [3.05, 3.63) is 15.8 Å². The lowest BCUT2D eigenvalue weighted by Gasteiger charge is -2.35. The molecule has 0 radical (unpaired) electrons. The van der Waals surface area contributed by atoms with Gasteiger partial charge in [-0.05, 0) is 51.2 Å². The first-order chi connectivity index (χ1) is 9.72. The van der Waals surface area contributed by atoms with Gasteiger partial charge in [0.05, 0.1) is 0 Å². The van der Waals surface area contributed by atoms with Crippen LogP contribution in [0.1, 0.15) is 35.0 Å². The standard InChI is InChI=1S/C13H20N2O4S2/c1-8-7-20-11(13(16)17)12(8)21(18,19)14-10-4-5-15(3)9(2)6-10/h7,9-10,14H,4-6H2,1-3H3,(H,16,17). The molecule has 1 saturated heterocycles. The molecule has 2 atom stereocenters. The number of carbonyl (C=O) groups is 1. The highest BCUT2D eigenvalue weighted by molar-refractivity contribution is 7.89. The fourth-order valence-corrected chi connectivity index (χ4v) is 5.50. The van der Waals surface area contributed by atoms with Crippen LogP contribution in [-0.2, 0) is 10.0 Å². The monoisotopic (exact) mass is 332 g/mol. The van der Waals surface area contributed by atoms with E-state index in [4.69, 9.17) is 5.11 Å². The lowest BCUT2D eigenvalue weighted by Crippen LogP contribution is -2.47. The van der Waals surface area contributed by atoms with Gasteiger partial charge < -0.3 is 10.0 Å². The third-order valence-corrected chi connectivity index (χ3v) is 6.83. The van der Waals surface area contributed by atoms with E-state index >= 15 is 0 Å². The number of nitrogens with zero attached hydrogens (tertiary/aromatic N) is 1. The van der Waals surface area contributed by atoms with Crippen LogP contribution in [0.25, 0.3) is 0 Å². The Morgan fingerprint density at radius 2 is 2.19 bits per heavy atom. The summed E-state index contributed by atoms with van der Waals surface area (Å²) in [6.07, 6.45) is 1.45. The second-order valence-corrected chi connectivity index (χ2v) is 8.08. The molecule has 0 amide bonds. The number of hydrogen-bond acceptors (Lipinski definition) is 5. The summed E-state index contributed by atoms with van der Waals surface area (Å²) in [6, 6.07) is 0.149. The van der Waals surface area contributed by atoms with Crippen molar-refractivity contribution in [3.63, 3.8) is 0 Å². The molecule has 1 aromatic rings. The molecule has 1 aliphatic heterocycles. The van der Waals surface area contributed by atoms with E-state index in [2.05, 4.69) is 16.5 Å². The zero-order valence-electron chi connectivity index (χ0n) is 12.3. The summed E-state index contributed by atoms with van der Waals surface area (Å²) < 4.78 is 27.7. The fourth-order valence-electron chi connectivity index (χ4n) is 2.59. The molecule has 6 nitrogen and oxygen atoms in total. The molecule has 0 aromatic carbocycles. The molecule has 118 valence electrons. The fraction of sp³-hybridized carbons (Fsp3) is 0.615. The summed E-state index contributed by atoms with van der Waals surface area (Å²) in [4.78, 5) is 13.1. The number of hydrogen-bond donors (Lipinski definition) is 2. The van der Waals surface area contributed by atoms with Crippen molar-refractivity contribution in [1.29, 1.82) is 0 Å². The molecule has 1 aliphatic rings. The molecular formula is C13H20N2O4S2. The van der Waals surface area contributed by atoms with Crippen LogP contribution in [0.3, 0.4) is 0 Å². The Bertz CT molecular complexity index is 639. The minimum atomic E-state index is -3.80. The highest BCUT2D eigenvalue weighted by Crippen LogP contribution is 2.28. The lowest BCUT2D eigenvalue weighted by molar-refractivity contribution is 0.0698. The van der Waals surface area contributed by atoms with Crippen LogP contribution >= 0.6 is 11.3 Å². The van der Waals surface area contributed by atoms with Gasteiger partial charge in [-0.3, -0.25) is 0 Å². The summed E-state index contributed by atoms with van der Waals surface area (Å²) in [7, 11) is -1.79. The summed E-state index contributed by atoms with van der Waals surface area (Å²) >= 11 is 0.947. The molecular weight excluding hydrogens is 312 g/mol. The first-order valence-corrected chi connectivity index (χ1v) is 9.12. The van der Waals surface area contributed by atoms with Crippen molar-refractivity contribution in [2.75, 3.05) is 13.6 Å². The van der Waals surface area contributed by atoms with Crippen LogP contribution < -0.4 is 4.72 Å². The zero-order chi connectivity index (χ0) is 15.8. The average molecular weight is 332 g/mol. The molecule has 2 heterocycles. The first kappa shape index (κ1) is 16.4. The van der Waals surface area contributed by atoms with Gasteiger partial charge in [0.2, 0.25) is 10.0 Å². The van der Waals surface area contributed by atoms with Crippen molar-refractivity contribution >= 4 is 27.3 Å². The number of aromatic carboxylic acids is 1. The normalized spacial score (nSPS) is 24.1. The number of carboxylic acid groups (broad SMARTS) is 1. The van der Waals surface area contributed by atoms with E-state index in [-0.39, 0.29) is 15.8 Å². The maximum absolute atomic E-state index is 12.5. The number of rotatable bonds is 4. The van der Waals surface area contributed by atoms with Gasteiger partial charge in [0.15, 0.2) is 0 Å². The Labute approximate surface area is 128 Å². The molecule has 0 spiro atoms. The maximum Gasteiger partial charge on any atom is 0.347 e. The molecule has 8 heteroatoms. The zero-order valence-corrected chi connectivity index (χ0v) is 13.9. The SMILES string of the molecule is Cc1csc(C(=O)O)c1S(=O)(=O)NC1CCN(C)C(C)C1. The van der Waals surface area contributed by atoms with Gasteiger partial charge in [-0.2, -0.15) is 0 Å². The van der Waals surface area contributed by atoms with Gasteiger partial charge >= 0.3 is 5.97 Å². The predicted octanol–water partition coefficient (Wildman–Crippen LogP) is 1.52. The number of sulfonamides is 1. The van der Waals surface area contributed by atoms with Gasteiger partial charge in [-0.1, -0.05) is 0 Å². The molecule has 1 fully saturated rings. The van der Waals surface area contributed by atoms with Crippen molar-refractivity contribution in [3.8, 4) is 0 Å². The van der Waals surface area contributed by atoms with E-state index in [0.717, 1.165) is 30.7 Å². The Morgan fingerprint density at radius 3 is 2.76 bits per heavy atom. The Morgan fingerprint density at radius 1 is 1.52 bits per heavy atom. The van der Waals surface area contributed by atoms with Crippen LogP contribution in [-0.4, -0.2) is 50.1 Å². The number of nitrogens with one attached hydrogen (secondary N) is 1.